The lowest BCUT2D eigenvalue weighted by molar-refractivity contribution is -0.269. The van der Waals surface area contributed by atoms with Gasteiger partial charge in [0.2, 0.25) is 5.60 Å². The van der Waals surface area contributed by atoms with Gasteiger partial charge in [-0.25, -0.2) is 8.42 Å². The fourth-order valence-corrected chi connectivity index (χ4v) is 7.03. The summed E-state index contributed by atoms with van der Waals surface area (Å²) < 4.78 is 85.5. The van der Waals surface area contributed by atoms with Crippen LogP contribution in [0.2, 0.25) is 0 Å². The number of alkyl halides is 3. The molecule has 1 fully saturated rings. The largest absolute Gasteiger partial charge is 0.460 e. The van der Waals surface area contributed by atoms with Gasteiger partial charge in [0.1, 0.15) is 17.6 Å². The van der Waals surface area contributed by atoms with E-state index < -0.39 is 51.9 Å². The molecule has 3 aromatic carbocycles. The van der Waals surface area contributed by atoms with Crippen LogP contribution >= 0.6 is 0 Å². The minimum absolute atomic E-state index is 0.189. The zero-order chi connectivity index (χ0) is 28.4. The van der Waals surface area contributed by atoms with E-state index in [9.17, 15) is 13.2 Å². The number of ether oxygens (including phenoxy) is 2. The highest BCUT2D eigenvalue weighted by Crippen LogP contribution is 2.61. The molecule has 0 radical (unpaired) electrons. The second-order valence-corrected chi connectivity index (χ2v) is 12.7. The van der Waals surface area contributed by atoms with E-state index in [1.54, 1.807) is 76.2 Å². The molecule has 10 heteroatoms. The maximum absolute atomic E-state index is 15.2. The Morgan fingerprint density at radius 1 is 0.974 bits per heavy atom. The lowest BCUT2D eigenvalue weighted by Crippen LogP contribution is -2.56. The fourth-order valence-electron chi connectivity index (χ4n) is 5.31. The van der Waals surface area contributed by atoms with Gasteiger partial charge in [0.05, 0.1) is 17.2 Å². The molecule has 6 nitrogen and oxygen atoms in total. The van der Waals surface area contributed by atoms with Crippen molar-refractivity contribution in [1.82, 2.24) is 0 Å². The van der Waals surface area contributed by atoms with Crippen LogP contribution in [0.25, 0.3) is 11.1 Å². The van der Waals surface area contributed by atoms with E-state index in [0.717, 1.165) is 9.87 Å². The number of halogens is 3. The molecular weight excluding hydrogens is 531 g/mol. The van der Waals surface area contributed by atoms with Crippen molar-refractivity contribution in [1.29, 1.82) is 0 Å². The van der Waals surface area contributed by atoms with Crippen LogP contribution in [0.3, 0.4) is 0 Å². The van der Waals surface area contributed by atoms with Crippen molar-refractivity contribution in [3.05, 3.63) is 83.9 Å². The van der Waals surface area contributed by atoms with Gasteiger partial charge in [0.25, 0.3) is 10.0 Å². The first-order valence-electron chi connectivity index (χ1n) is 12.4. The Morgan fingerprint density at radius 3 is 2.21 bits per heavy atom. The topological polar surface area (TPSA) is 72.9 Å². The summed E-state index contributed by atoms with van der Waals surface area (Å²) in [6.45, 7) is 5.88. The summed E-state index contributed by atoms with van der Waals surface area (Å²) in [5, 5.41) is 0. The number of esters is 1. The van der Waals surface area contributed by atoms with E-state index in [2.05, 4.69) is 0 Å². The molecule has 0 spiro atoms. The van der Waals surface area contributed by atoms with E-state index in [1.165, 1.54) is 24.3 Å². The lowest BCUT2D eigenvalue weighted by Gasteiger charge is -2.35. The third-order valence-corrected chi connectivity index (χ3v) is 8.80. The molecule has 0 N–H and O–H groups in total. The number of fused-ring (bicyclic) bond motifs is 3. The number of nitrogens with zero attached hydrogens (tertiary/aromatic N) is 1. The number of rotatable bonds is 4. The van der Waals surface area contributed by atoms with Gasteiger partial charge in [-0.1, -0.05) is 54.1 Å². The highest BCUT2D eigenvalue weighted by Gasteiger charge is 2.75. The summed E-state index contributed by atoms with van der Waals surface area (Å²) in [5.74, 6) is -2.49. The molecule has 206 valence electrons. The van der Waals surface area contributed by atoms with Gasteiger partial charge < -0.3 is 9.47 Å². The summed E-state index contributed by atoms with van der Waals surface area (Å²) in [6, 6.07) is 16.9. The molecule has 0 aromatic heterocycles. The van der Waals surface area contributed by atoms with Crippen molar-refractivity contribution in [2.75, 3.05) is 10.9 Å². The molecule has 39 heavy (non-hydrogen) atoms. The van der Waals surface area contributed by atoms with E-state index in [1.807, 2.05) is 0 Å². The molecule has 0 bridgehead atoms. The molecule has 2 heterocycles. The van der Waals surface area contributed by atoms with Gasteiger partial charge in [0.15, 0.2) is 0 Å². The van der Waals surface area contributed by atoms with Crippen molar-refractivity contribution >= 4 is 21.7 Å². The minimum Gasteiger partial charge on any atom is -0.460 e. The number of carbonyl (C=O) groups is 1. The molecule has 0 aliphatic carbocycles. The molecule has 3 atom stereocenters. The lowest BCUT2D eigenvalue weighted by atomic mass is 9.84. The molecule has 2 aliphatic heterocycles. The summed E-state index contributed by atoms with van der Waals surface area (Å²) in [4.78, 5) is 13.1. The van der Waals surface area contributed by atoms with Crippen molar-refractivity contribution in [3.63, 3.8) is 0 Å². The van der Waals surface area contributed by atoms with Crippen molar-refractivity contribution in [2.24, 2.45) is 5.92 Å². The van der Waals surface area contributed by atoms with Crippen LogP contribution < -0.4 is 4.31 Å². The van der Waals surface area contributed by atoms with Gasteiger partial charge in [-0.15, -0.1) is 0 Å². The van der Waals surface area contributed by atoms with E-state index >= 15 is 13.2 Å². The fraction of sp³-hybridized carbons (Fsp3) is 0.345. The zero-order valence-electron chi connectivity index (χ0n) is 21.8. The normalized spacial score (nSPS) is 22.9. The number of anilines is 1. The molecular formula is C29H28F3NO5S. The van der Waals surface area contributed by atoms with Gasteiger partial charge >= 0.3 is 12.1 Å². The third-order valence-electron chi connectivity index (χ3n) is 6.99. The number of hydrogen-bond donors (Lipinski definition) is 0. The summed E-state index contributed by atoms with van der Waals surface area (Å²) in [7, 11) is -4.56. The second-order valence-electron chi connectivity index (χ2n) is 10.8. The smallest absolute Gasteiger partial charge is 0.423 e. The summed E-state index contributed by atoms with van der Waals surface area (Å²) in [5.41, 5.74) is -2.75. The first kappa shape index (κ1) is 27.2. The van der Waals surface area contributed by atoms with Crippen LogP contribution in [0.15, 0.2) is 77.7 Å². The number of hydrogen-bond acceptors (Lipinski definition) is 5. The van der Waals surface area contributed by atoms with Crippen LogP contribution in [0.5, 0.6) is 0 Å². The van der Waals surface area contributed by atoms with Crippen LogP contribution in [0.1, 0.15) is 31.9 Å². The Kier molecular flexibility index (Phi) is 6.34. The Morgan fingerprint density at radius 2 is 1.62 bits per heavy atom. The van der Waals surface area contributed by atoms with E-state index in [-0.39, 0.29) is 16.1 Å². The Hall–Kier alpha value is -3.37. The molecule has 0 amide bonds. The predicted octanol–water partition coefficient (Wildman–Crippen LogP) is 5.99. The SMILES string of the molecule is Cc1ccc(S(=O)(=O)N2c3ccc(-c4ccccc4)cc3C3(C(F)(F)F)OCC(C(=O)OC(C)(C)C)C23)cc1. The summed E-state index contributed by atoms with van der Waals surface area (Å²) in [6.07, 6.45) is -5.06. The van der Waals surface area contributed by atoms with Crippen molar-refractivity contribution < 1.29 is 35.9 Å². The van der Waals surface area contributed by atoms with Gasteiger partial charge in [-0.3, -0.25) is 9.10 Å². The second kappa shape index (κ2) is 9.09. The number of benzene rings is 3. The first-order chi connectivity index (χ1) is 18.2. The molecule has 0 saturated carbocycles. The first-order valence-corrected chi connectivity index (χ1v) is 13.9. The maximum atomic E-state index is 15.2. The number of sulfonamides is 1. The Labute approximate surface area is 225 Å². The van der Waals surface area contributed by atoms with Crippen LogP contribution in [-0.2, 0) is 29.9 Å². The van der Waals surface area contributed by atoms with Crippen LogP contribution in [0.4, 0.5) is 18.9 Å². The summed E-state index contributed by atoms with van der Waals surface area (Å²) >= 11 is 0. The number of carbonyl (C=O) groups excluding carboxylic acids is 1. The van der Waals surface area contributed by atoms with Crippen LogP contribution in [-0.4, -0.2) is 38.8 Å². The van der Waals surface area contributed by atoms with Crippen molar-refractivity contribution in [2.45, 2.75) is 56.0 Å². The number of aryl methyl sites for hydroxylation is 1. The van der Waals surface area contributed by atoms with Crippen molar-refractivity contribution in [3.8, 4) is 11.1 Å². The standard InChI is InChI=1S/C29H28F3NO5S/c1-18-10-13-21(14-11-18)39(35,36)33-24-15-12-20(19-8-6-5-7-9-19)16-23(24)28(29(30,31)32)25(33)22(17-37-28)26(34)38-27(2,3)4/h5-16,22,25H,17H2,1-4H3. The quantitative estimate of drug-likeness (QED) is 0.368. The Bertz CT molecular complexity index is 1520. The van der Waals surface area contributed by atoms with E-state index in [0.29, 0.717) is 11.1 Å². The van der Waals surface area contributed by atoms with Gasteiger partial charge in [-0.2, -0.15) is 13.2 Å². The molecule has 2 aliphatic rings. The molecule has 3 unspecified atom stereocenters. The highest BCUT2D eigenvalue weighted by atomic mass is 32.2. The maximum Gasteiger partial charge on any atom is 0.423 e. The van der Waals surface area contributed by atoms with Gasteiger partial charge in [-0.05, 0) is 63.1 Å². The van der Waals surface area contributed by atoms with Gasteiger partial charge in [0, 0.05) is 5.56 Å². The average molecular weight is 560 g/mol. The minimum atomic E-state index is -5.06. The molecule has 3 aromatic rings. The average Bonchev–Trinajstić information content (AvgIpc) is 3.38. The monoisotopic (exact) mass is 559 g/mol. The third kappa shape index (κ3) is 4.39. The highest BCUT2D eigenvalue weighted by molar-refractivity contribution is 7.93. The van der Waals surface area contributed by atoms with Crippen LogP contribution in [0, 0.1) is 12.8 Å². The molecule has 5 rings (SSSR count). The van der Waals surface area contributed by atoms with E-state index in [4.69, 9.17) is 9.47 Å². The predicted molar refractivity (Wildman–Crippen MR) is 140 cm³/mol. The Balaban J connectivity index is 1.77. The molecule has 1 saturated heterocycles. The zero-order valence-corrected chi connectivity index (χ0v) is 22.6.